The summed E-state index contributed by atoms with van der Waals surface area (Å²) in [7, 11) is 0. The molecule has 0 aromatic heterocycles. The lowest BCUT2D eigenvalue weighted by Crippen LogP contribution is -2.13. The van der Waals surface area contributed by atoms with Crippen LogP contribution in [-0.2, 0) is 4.79 Å². The van der Waals surface area contributed by atoms with Gasteiger partial charge < -0.3 is 5.32 Å². The van der Waals surface area contributed by atoms with E-state index in [1.807, 2.05) is 13.8 Å². The molecule has 1 N–H and O–H groups in total. The van der Waals surface area contributed by atoms with Crippen molar-refractivity contribution in [3.05, 3.63) is 28.8 Å². The summed E-state index contributed by atoms with van der Waals surface area (Å²) < 4.78 is 0. The summed E-state index contributed by atoms with van der Waals surface area (Å²) in [4.78, 5) is 22.3. The van der Waals surface area contributed by atoms with E-state index < -0.39 is 0 Å². The fourth-order valence-electron chi connectivity index (χ4n) is 1.80. The molecular weight excluding hydrogens is 214 g/mol. The Labute approximate surface area is 102 Å². The first-order valence-corrected chi connectivity index (χ1v) is 5.94. The van der Waals surface area contributed by atoms with Crippen molar-refractivity contribution in [3.63, 3.8) is 0 Å². The third kappa shape index (κ3) is 3.70. The number of benzene rings is 1. The van der Waals surface area contributed by atoms with Crippen molar-refractivity contribution in [2.75, 3.05) is 5.32 Å². The third-order valence-electron chi connectivity index (χ3n) is 2.71. The topological polar surface area (TPSA) is 46.2 Å². The Morgan fingerprint density at radius 2 is 1.88 bits per heavy atom. The Hall–Kier alpha value is -1.64. The summed E-state index contributed by atoms with van der Waals surface area (Å²) in [5, 5.41) is 2.91. The first kappa shape index (κ1) is 13.4. The van der Waals surface area contributed by atoms with Gasteiger partial charge in [-0.2, -0.15) is 0 Å². The van der Waals surface area contributed by atoms with Crippen LogP contribution in [0.5, 0.6) is 0 Å². The largest absolute Gasteiger partial charge is 0.326 e. The fraction of sp³-hybridized carbons (Fsp3) is 0.429. The smallest absolute Gasteiger partial charge is 0.224 e. The Balaban J connectivity index is 2.84. The number of rotatable bonds is 5. The molecule has 3 heteroatoms. The lowest BCUT2D eigenvalue weighted by molar-refractivity contribution is -0.116. The summed E-state index contributed by atoms with van der Waals surface area (Å²) in [6.07, 6.45) is 3.28. The van der Waals surface area contributed by atoms with E-state index in [-0.39, 0.29) is 5.91 Å². The predicted octanol–water partition coefficient (Wildman–Crippen LogP) is 3.24. The van der Waals surface area contributed by atoms with E-state index in [9.17, 15) is 9.59 Å². The van der Waals surface area contributed by atoms with Gasteiger partial charge in [0.05, 0.1) is 0 Å². The molecule has 0 heterocycles. The minimum absolute atomic E-state index is 0.0388. The molecule has 0 saturated carbocycles. The Morgan fingerprint density at radius 3 is 2.35 bits per heavy atom. The molecule has 0 atom stereocenters. The monoisotopic (exact) mass is 233 g/mol. The molecule has 1 amide bonds. The third-order valence-corrected chi connectivity index (χ3v) is 2.71. The van der Waals surface area contributed by atoms with E-state index in [1.165, 1.54) is 0 Å². The summed E-state index contributed by atoms with van der Waals surface area (Å²) in [6.45, 7) is 5.85. The summed E-state index contributed by atoms with van der Waals surface area (Å²) in [5.41, 5.74) is 3.33. The number of hydrogen-bond acceptors (Lipinski definition) is 2. The molecule has 1 aromatic carbocycles. The standard InChI is InChI=1S/C14H19NO2/c1-4-5-6-13(17)15-14-10(2)7-12(9-16)8-11(14)3/h7-9H,4-6H2,1-3H3,(H,15,17). The lowest BCUT2D eigenvalue weighted by Gasteiger charge is -2.12. The van der Waals surface area contributed by atoms with Crippen LogP contribution in [0.25, 0.3) is 0 Å². The quantitative estimate of drug-likeness (QED) is 0.793. The van der Waals surface area contributed by atoms with Gasteiger partial charge in [-0.1, -0.05) is 13.3 Å². The highest BCUT2D eigenvalue weighted by Gasteiger charge is 2.08. The maximum absolute atomic E-state index is 11.6. The molecular formula is C14H19NO2. The number of carbonyl (C=O) groups excluding carboxylic acids is 2. The van der Waals surface area contributed by atoms with Gasteiger partial charge in [-0.05, 0) is 43.5 Å². The fourth-order valence-corrected chi connectivity index (χ4v) is 1.80. The van der Waals surface area contributed by atoms with Crippen LogP contribution in [0.15, 0.2) is 12.1 Å². The molecule has 0 aliphatic rings. The number of unbranched alkanes of at least 4 members (excludes halogenated alkanes) is 1. The second kappa shape index (κ2) is 6.18. The zero-order valence-electron chi connectivity index (χ0n) is 10.7. The second-order valence-corrected chi connectivity index (χ2v) is 4.30. The van der Waals surface area contributed by atoms with Crippen LogP contribution >= 0.6 is 0 Å². The van der Waals surface area contributed by atoms with Gasteiger partial charge in [0, 0.05) is 17.7 Å². The van der Waals surface area contributed by atoms with E-state index in [4.69, 9.17) is 0 Å². The van der Waals surface area contributed by atoms with Crippen molar-refractivity contribution in [2.24, 2.45) is 0 Å². The zero-order chi connectivity index (χ0) is 12.8. The molecule has 1 rings (SSSR count). The number of aldehydes is 1. The number of carbonyl (C=O) groups is 2. The molecule has 0 radical (unpaired) electrons. The molecule has 0 saturated heterocycles. The second-order valence-electron chi connectivity index (χ2n) is 4.30. The molecule has 17 heavy (non-hydrogen) atoms. The summed E-state index contributed by atoms with van der Waals surface area (Å²) >= 11 is 0. The van der Waals surface area contributed by atoms with Crippen LogP contribution in [0.4, 0.5) is 5.69 Å². The van der Waals surface area contributed by atoms with Crippen molar-refractivity contribution in [1.29, 1.82) is 0 Å². The van der Waals surface area contributed by atoms with Crippen LogP contribution in [0.1, 0.15) is 47.7 Å². The van der Waals surface area contributed by atoms with Gasteiger partial charge in [0.1, 0.15) is 6.29 Å². The minimum atomic E-state index is 0.0388. The number of amides is 1. The highest BCUT2D eigenvalue weighted by Crippen LogP contribution is 2.21. The maximum Gasteiger partial charge on any atom is 0.224 e. The highest BCUT2D eigenvalue weighted by atomic mass is 16.1. The van der Waals surface area contributed by atoms with E-state index >= 15 is 0 Å². The lowest BCUT2D eigenvalue weighted by atomic mass is 10.0. The number of nitrogens with one attached hydrogen (secondary N) is 1. The van der Waals surface area contributed by atoms with Crippen molar-refractivity contribution in [2.45, 2.75) is 40.0 Å². The van der Waals surface area contributed by atoms with Gasteiger partial charge in [0.2, 0.25) is 5.91 Å². The average Bonchev–Trinajstić information content (AvgIpc) is 2.30. The average molecular weight is 233 g/mol. The first-order valence-electron chi connectivity index (χ1n) is 5.94. The van der Waals surface area contributed by atoms with Crippen LogP contribution in [0.3, 0.4) is 0 Å². The van der Waals surface area contributed by atoms with Crippen molar-refractivity contribution in [1.82, 2.24) is 0 Å². The van der Waals surface area contributed by atoms with Gasteiger partial charge in [-0.15, -0.1) is 0 Å². The van der Waals surface area contributed by atoms with Crippen LogP contribution in [0.2, 0.25) is 0 Å². The Kier molecular flexibility index (Phi) is 4.88. The molecule has 0 unspecified atom stereocenters. The number of aryl methyl sites for hydroxylation is 2. The molecule has 92 valence electrons. The van der Waals surface area contributed by atoms with Gasteiger partial charge >= 0.3 is 0 Å². The number of hydrogen-bond donors (Lipinski definition) is 1. The van der Waals surface area contributed by atoms with Crippen molar-refractivity contribution in [3.8, 4) is 0 Å². The van der Waals surface area contributed by atoms with E-state index in [0.29, 0.717) is 12.0 Å². The van der Waals surface area contributed by atoms with Gasteiger partial charge in [-0.3, -0.25) is 9.59 Å². The molecule has 0 bridgehead atoms. The minimum Gasteiger partial charge on any atom is -0.326 e. The van der Waals surface area contributed by atoms with Crippen LogP contribution < -0.4 is 5.32 Å². The number of anilines is 1. The molecule has 0 aliphatic heterocycles. The normalized spacial score (nSPS) is 10.1. The van der Waals surface area contributed by atoms with Crippen LogP contribution in [-0.4, -0.2) is 12.2 Å². The molecule has 0 fully saturated rings. The maximum atomic E-state index is 11.6. The molecule has 3 nitrogen and oxygen atoms in total. The highest BCUT2D eigenvalue weighted by molar-refractivity contribution is 5.93. The van der Waals surface area contributed by atoms with E-state index in [0.717, 1.165) is 35.9 Å². The molecule has 0 spiro atoms. The summed E-state index contributed by atoms with van der Waals surface area (Å²) in [5.74, 6) is 0.0388. The van der Waals surface area contributed by atoms with Crippen molar-refractivity contribution >= 4 is 17.9 Å². The molecule has 1 aromatic rings. The van der Waals surface area contributed by atoms with Gasteiger partial charge in [0.15, 0.2) is 0 Å². The first-order chi connectivity index (χ1) is 8.08. The van der Waals surface area contributed by atoms with Crippen LogP contribution in [0, 0.1) is 13.8 Å². The summed E-state index contributed by atoms with van der Waals surface area (Å²) in [6, 6.07) is 3.57. The van der Waals surface area contributed by atoms with Gasteiger partial charge in [-0.25, -0.2) is 0 Å². The van der Waals surface area contributed by atoms with Crippen molar-refractivity contribution < 1.29 is 9.59 Å². The van der Waals surface area contributed by atoms with Gasteiger partial charge in [0.25, 0.3) is 0 Å². The predicted molar refractivity (Wildman–Crippen MR) is 69.5 cm³/mol. The Morgan fingerprint density at radius 1 is 1.29 bits per heavy atom. The SMILES string of the molecule is CCCCC(=O)Nc1c(C)cc(C=O)cc1C. The molecule has 0 aliphatic carbocycles. The van der Waals surface area contributed by atoms with E-state index in [2.05, 4.69) is 12.2 Å². The Bertz CT molecular complexity index is 401. The zero-order valence-corrected chi connectivity index (χ0v) is 10.7. The van der Waals surface area contributed by atoms with E-state index in [1.54, 1.807) is 12.1 Å².